The van der Waals surface area contributed by atoms with Crippen LogP contribution < -0.4 is 5.32 Å². The zero-order chi connectivity index (χ0) is 15.5. The minimum absolute atomic E-state index is 0.0127. The lowest BCUT2D eigenvalue weighted by Gasteiger charge is -2.23. The Hall–Kier alpha value is -1.85. The van der Waals surface area contributed by atoms with Crippen LogP contribution in [0.15, 0.2) is 34.7 Å². The van der Waals surface area contributed by atoms with Gasteiger partial charge in [-0.25, -0.2) is 0 Å². The molecule has 1 aromatic carbocycles. The van der Waals surface area contributed by atoms with Gasteiger partial charge in [-0.1, -0.05) is 18.2 Å². The van der Waals surface area contributed by atoms with E-state index in [-0.39, 0.29) is 17.9 Å². The van der Waals surface area contributed by atoms with Crippen LogP contribution in [-0.4, -0.2) is 44.7 Å². The fourth-order valence-electron chi connectivity index (χ4n) is 2.79. The van der Waals surface area contributed by atoms with Crippen LogP contribution in [0.2, 0.25) is 0 Å². The number of amides is 1. The average molecular weight is 302 g/mol. The van der Waals surface area contributed by atoms with Crippen LogP contribution >= 0.6 is 0 Å². The van der Waals surface area contributed by atoms with Crippen LogP contribution in [0.25, 0.3) is 11.0 Å². The highest BCUT2D eigenvalue weighted by Gasteiger charge is 2.25. The van der Waals surface area contributed by atoms with Gasteiger partial charge in [0.25, 0.3) is 0 Å². The van der Waals surface area contributed by atoms with Crippen molar-refractivity contribution in [2.45, 2.75) is 12.5 Å². The van der Waals surface area contributed by atoms with Gasteiger partial charge in [0.15, 0.2) is 0 Å². The number of fused-ring (bicyclic) bond motifs is 1. The van der Waals surface area contributed by atoms with E-state index in [1.54, 1.807) is 0 Å². The van der Waals surface area contributed by atoms with Crippen molar-refractivity contribution in [1.29, 1.82) is 0 Å². The van der Waals surface area contributed by atoms with Crippen LogP contribution in [0, 0.1) is 5.92 Å². The van der Waals surface area contributed by atoms with Gasteiger partial charge in [0, 0.05) is 18.5 Å². The molecule has 5 nitrogen and oxygen atoms in total. The van der Waals surface area contributed by atoms with Crippen molar-refractivity contribution >= 4 is 16.9 Å². The predicted octanol–water partition coefficient (Wildman–Crippen LogP) is 2.19. The maximum Gasteiger partial charge on any atom is 0.225 e. The van der Waals surface area contributed by atoms with Crippen LogP contribution in [0.4, 0.5) is 0 Å². The van der Waals surface area contributed by atoms with E-state index < -0.39 is 0 Å². The van der Waals surface area contributed by atoms with Crippen molar-refractivity contribution in [1.82, 2.24) is 10.2 Å². The van der Waals surface area contributed by atoms with Crippen molar-refractivity contribution in [3.05, 3.63) is 36.1 Å². The minimum atomic E-state index is -0.0153. The third-order valence-corrected chi connectivity index (χ3v) is 4.17. The van der Waals surface area contributed by atoms with E-state index in [0.29, 0.717) is 19.8 Å². The topological polar surface area (TPSA) is 54.7 Å². The summed E-state index contributed by atoms with van der Waals surface area (Å²) in [6, 6.07) is 10.0. The Morgan fingerprint density at radius 2 is 2.23 bits per heavy atom. The van der Waals surface area contributed by atoms with Crippen molar-refractivity contribution in [2.24, 2.45) is 5.92 Å². The first-order chi connectivity index (χ1) is 10.6. The molecule has 0 unspecified atom stereocenters. The van der Waals surface area contributed by atoms with Crippen LogP contribution in [-0.2, 0) is 9.53 Å². The number of benzene rings is 1. The molecule has 22 heavy (non-hydrogen) atoms. The second kappa shape index (κ2) is 6.50. The van der Waals surface area contributed by atoms with E-state index in [1.807, 2.05) is 44.4 Å². The van der Waals surface area contributed by atoms with Crippen LogP contribution in [0.5, 0.6) is 0 Å². The molecular weight excluding hydrogens is 280 g/mol. The van der Waals surface area contributed by atoms with Crippen molar-refractivity contribution in [3.63, 3.8) is 0 Å². The number of hydrogen-bond donors (Lipinski definition) is 1. The van der Waals surface area contributed by atoms with Crippen LogP contribution in [0.3, 0.4) is 0 Å². The SMILES string of the molecule is CN(C)[C@@H](CNC(=O)[C@@H]1CCOC1)c1cc2ccccc2o1. The predicted molar refractivity (Wildman–Crippen MR) is 84.6 cm³/mol. The molecule has 1 saturated heterocycles. The summed E-state index contributed by atoms with van der Waals surface area (Å²) in [6.45, 7) is 1.74. The summed E-state index contributed by atoms with van der Waals surface area (Å²) >= 11 is 0. The molecule has 1 aromatic heterocycles. The molecule has 0 spiro atoms. The maximum absolute atomic E-state index is 12.1. The fraction of sp³-hybridized carbons (Fsp3) is 0.471. The highest BCUT2D eigenvalue weighted by Crippen LogP contribution is 2.26. The average Bonchev–Trinajstić information content (AvgIpc) is 3.16. The normalized spacial score (nSPS) is 19.7. The number of carbonyl (C=O) groups is 1. The lowest BCUT2D eigenvalue weighted by Crippen LogP contribution is -2.37. The Morgan fingerprint density at radius 3 is 2.91 bits per heavy atom. The highest BCUT2D eigenvalue weighted by atomic mass is 16.5. The summed E-state index contributed by atoms with van der Waals surface area (Å²) in [6.07, 6.45) is 0.809. The second-order valence-corrected chi connectivity index (χ2v) is 5.97. The first kappa shape index (κ1) is 15.1. The van der Waals surface area contributed by atoms with E-state index in [0.717, 1.165) is 23.2 Å². The summed E-state index contributed by atoms with van der Waals surface area (Å²) in [5.41, 5.74) is 0.875. The van der Waals surface area contributed by atoms with Gasteiger partial charge in [-0.05, 0) is 32.6 Å². The van der Waals surface area contributed by atoms with Gasteiger partial charge in [0.05, 0.1) is 18.6 Å². The Morgan fingerprint density at radius 1 is 1.41 bits per heavy atom. The first-order valence-electron chi connectivity index (χ1n) is 7.65. The Balaban J connectivity index is 1.70. The van der Waals surface area contributed by atoms with Gasteiger partial charge in [-0.15, -0.1) is 0 Å². The number of rotatable bonds is 5. The summed E-state index contributed by atoms with van der Waals surface area (Å²) in [5, 5.41) is 4.11. The lowest BCUT2D eigenvalue weighted by atomic mass is 10.1. The standard InChI is InChI=1S/C17H22N2O3/c1-19(2)14(10-18-17(20)13-7-8-21-11-13)16-9-12-5-3-4-6-15(12)22-16/h3-6,9,13-14H,7-8,10-11H2,1-2H3,(H,18,20)/t13-,14+/m1/s1. The smallest absolute Gasteiger partial charge is 0.225 e. The quantitative estimate of drug-likeness (QED) is 0.920. The molecule has 1 aliphatic heterocycles. The largest absolute Gasteiger partial charge is 0.459 e. The third kappa shape index (κ3) is 3.15. The van der Waals surface area contributed by atoms with E-state index in [9.17, 15) is 4.79 Å². The molecule has 3 rings (SSSR count). The number of furan rings is 1. The van der Waals surface area contributed by atoms with E-state index in [2.05, 4.69) is 10.2 Å². The molecule has 118 valence electrons. The molecule has 1 aliphatic rings. The maximum atomic E-state index is 12.1. The van der Waals surface area contributed by atoms with Gasteiger partial charge in [-0.2, -0.15) is 0 Å². The molecule has 2 aromatic rings. The van der Waals surface area contributed by atoms with Gasteiger partial charge < -0.3 is 14.5 Å². The van der Waals surface area contributed by atoms with Crippen molar-refractivity contribution in [2.75, 3.05) is 33.9 Å². The molecule has 1 amide bonds. The molecule has 1 fully saturated rings. The number of nitrogens with one attached hydrogen (secondary N) is 1. The molecule has 0 aliphatic carbocycles. The fourth-order valence-corrected chi connectivity index (χ4v) is 2.79. The Labute approximate surface area is 130 Å². The number of para-hydroxylation sites is 1. The molecule has 0 saturated carbocycles. The van der Waals surface area contributed by atoms with Gasteiger partial charge in [0.1, 0.15) is 11.3 Å². The lowest BCUT2D eigenvalue weighted by molar-refractivity contribution is -0.125. The zero-order valence-corrected chi connectivity index (χ0v) is 13.0. The number of hydrogen-bond acceptors (Lipinski definition) is 4. The van der Waals surface area contributed by atoms with Gasteiger partial charge >= 0.3 is 0 Å². The van der Waals surface area contributed by atoms with E-state index in [4.69, 9.17) is 9.15 Å². The first-order valence-corrected chi connectivity index (χ1v) is 7.65. The van der Waals surface area contributed by atoms with Crippen molar-refractivity contribution < 1.29 is 13.9 Å². The van der Waals surface area contributed by atoms with Gasteiger partial charge in [0.2, 0.25) is 5.91 Å². The molecule has 2 heterocycles. The summed E-state index contributed by atoms with van der Waals surface area (Å²) in [5.74, 6) is 0.924. The number of carbonyl (C=O) groups excluding carboxylic acids is 1. The summed E-state index contributed by atoms with van der Waals surface area (Å²) in [7, 11) is 3.98. The van der Waals surface area contributed by atoms with E-state index in [1.165, 1.54) is 0 Å². The second-order valence-electron chi connectivity index (χ2n) is 5.97. The zero-order valence-electron chi connectivity index (χ0n) is 13.0. The Bertz CT molecular complexity index is 611. The highest BCUT2D eigenvalue weighted by molar-refractivity contribution is 5.79. The molecule has 0 bridgehead atoms. The molecular formula is C17H22N2O3. The monoisotopic (exact) mass is 302 g/mol. The molecule has 0 radical (unpaired) electrons. The third-order valence-electron chi connectivity index (χ3n) is 4.17. The van der Waals surface area contributed by atoms with Gasteiger partial charge in [-0.3, -0.25) is 9.69 Å². The molecule has 5 heteroatoms. The molecule has 1 N–H and O–H groups in total. The molecule has 2 atom stereocenters. The minimum Gasteiger partial charge on any atom is -0.459 e. The summed E-state index contributed by atoms with van der Waals surface area (Å²) < 4.78 is 11.2. The van der Waals surface area contributed by atoms with Crippen molar-refractivity contribution in [3.8, 4) is 0 Å². The number of likely N-dealkylation sites (N-methyl/N-ethyl adjacent to an activating group) is 1. The van der Waals surface area contributed by atoms with Crippen LogP contribution in [0.1, 0.15) is 18.2 Å². The summed E-state index contributed by atoms with van der Waals surface area (Å²) in [4.78, 5) is 14.2. The number of ether oxygens (including phenoxy) is 1. The van der Waals surface area contributed by atoms with E-state index >= 15 is 0 Å². The number of nitrogens with zero attached hydrogens (tertiary/aromatic N) is 1. The Kier molecular flexibility index (Phi) is 4.45.